The van der Waals surface area contributed by atoms with Crippen LogP contribution >= 0.6 is 11.8 Å². The molecule has 1 amide bonds. The Morgan fingerprint density at radius 3 is 2.81 bits per heavy atom. The van der Waals surface area contributed by atoms with Crippen molar-refractivity contribution in [1.29, 1.82) is 0 Å². The molecular weight excluding hydrogens is 344 g/mol. The van der Waals surface area contributed by atoms with E-state index in [1.165, 1.54) is 31.0 Å². The summed E-state index contributed by atoms with van der Waals surface area (Å²) in [5.74, 6) is 0.475. The number of carbonyl (C=O) groups excluding carboxylic acids is 1. The van der Waals surface area contributed by atoms with Gasteiger partial charge in [0.15, 0.2) is 0 Å². The molecule has 4 rings (SSSR count). The van der Waals surface area contributed by atoms with Crippen LogP contribution in [0, 0.1) is 0 Å². The maximum Gasteiger partial charge on any atom is 0.230 e. The van der Waals surface area contributed by atoms with Gasteiger partial charge < -0.3 is 5.32 Å². The first kappa shape index (κ1) is 17.1. The maximum atomic E-state index is 12.3. The van der Waals surface area contributed by atoms with Gasteiger partial charge in [-0.1, -0.05) is 61.4 Å². The minimum Gasteiger partial charge on any atom is -0.353 e. The van der Waals surface area contributed by atoms with Crippen molar-refractivity contribution < 1.29 is 4.79 Å². The Hall–Kier alpha value is -2.34. The molecule has 0 spiro atoms. The summed E-state index contributed by atoms with van der Waals surface area (Å²) in [5.41, 5.74) is 2.91. The largest absolute Gasteiger partial charge is 0.353 e. The van der Waals surface area contributed by atoms with Gasteiger partial charge in [0.1, 0.15) is 5.03 Å². The van der Waals surface area contributed by atoms with E-state index in [0.717, 1.165) is 34.6 Å². The normalized spacial score (nSPS) is 15.2. The van der Waals surface area contributed by atoms with E-state index in [-0.39, 0.29) is 5.91 Å². The van der Waals surface area contributed by atoms with E-state index in [9.17, 15) is 4.79 Å². The van der Waals surface area contributed by atoms with Gasteiger partial charge in [-0.05, 0) is 18.9 Å². The van der Waals surface area contributed by atoms with E-state index in [1.807, 2.05) is 47.1 Å². The lowest BCUT2D eigenvalue weighted by molar-refractivity contribution is -0.119. The number of thioether (sulfide) groups is 1. The summed E-state index contributed by atoms with van der Waals surface area (Å²) in [6.07, 6.45) is 9.51. The Morgan fingerprint density at radius 2 is 2.00 bits per heavy atom. The predicted molar refractivity (Wildman–Crippen MR) is 104 cm³/mol. The van der Waals surface area contributed by atoms with Crippen LogP contribution in [-0.4, -0.2) is 32.3 Å². The fraction of sp³-hybridized carbons (Fsp3) is 0.350. The highest BCUT2D eigenvalue weighted by molar-refractivity contribution is 8.00. The van der Waals surface area contributed by atoms with Crippen LogP contribution in [-0.2, 0) is 4.79 Å². The quantitative estimate of drug-likeness (QED) is 0.695. The molecule has 26 heavy (non-hydrogen) atoms. The van der Waals surface area contributed by atoms with E-state index >= 15 is 0 Å². The summed E-state index contributed by atoms with van der Waals surface area (Å²) in [7, 11) is 0. The number of carbonyl (C=O) groups is 1. The van der Waals surface area contributed by atoms with Crippen molar-refractivity contribution in [2.24, 2.45) is 0 Å². The molecule has 2 heterocycles. The molecule has 6 heteroatoms. The molecule has 5 nitrogen and oxygen atoms in total. The first-order chi connectivity index (χ1) is 12.8. The molecule has 0 aliphatic heterocycles. The van der Waals surface area contributed by atoms with Gasteiger partial charge in [-0.3, -0.25) is 4.79 Å². The Labute approximate surface area is 157 Å². The summed E-state index contributed by atoms with van der Waals surface area (Å²) in [5, 5.41) is 8.62. The number of amides is 1. The Kier molecular flexibility index (Phi) is 5.20. The molecule has 0 unspecified atom stereocenters. The second-order valence-electron chi connectivity index (χ2n) is 6.65. The van der Waals surface area contributed by atoms with Crippen molar-refractivity contribution in [3.8, 4) is 11.3 Å². The van der Waals surface area contributed by atoms with Gasteiger partial charge in [-0.25, -0.2) is 9.50 Å². The molecule has 0 atom stereocenters. The number of nitrogens with zero attached hydrogens (tertiary/aromatic N) is 3. The average Bonchev–Trinajstić information content (AvgIpc) is 3.13. The molecule has 1 aliphatic rings. The molecule has 1 fully saturated rings. The van der Waals surface area contributed by atoms with Gasteiger partial charge >= 0.3 is 0 Å². The molecule has 0 radical (unpaired) electrons. The minimum atomic E-state index is 0.0912. The Morgan fingerprint density at radius 1 is 1.19 bits per heavy atom. The van der Waals surface area contributed by atoms with Gasteiger partial charge in [-0.2, -0.15) is 5.10 Å². The SMILES string of the molecule is O=C(CSc1nccn2nc(-c3ccccc3)cc12)NC1CCCCC1. The Balaban J connectivity index is 1.46. The zero-order valence-corrected chi connectivity index (χ0v) is 15.4. The van der Waals surface area contributed by atoms with Gasteiger partial charge in [0.05, 0.1) is 17.0 Å². The molecular formula is C20H22N4OS. The van der Waals surface area contributed by atoms with E-state index in [2.05, 4.69) is 15.4 Å². The third kappa shape index (κ3) is 3.90. The van der Waals surface area contributed by atoms with Crippen LogP contribution in [0.4, 0.5) is 0 Å². The van der Waals surface area contributed by atoms with Crippen molar-refractivity contribution >= 4 is 23.2 Å². The van der Waals surface area contributed by atoms with Crippen LogP contribution in [0.25, 0.3) is 16.8 Å². The van der Waals surface area contributed by atoms with Crippen LogP contribution in [0.5, 0.6) is 0 Å². The fourth-order valence-corrected chi connectivity index (χ4v) is 4.20. The molecule has 0 bridgehead atoms. The summed E-state index contributed by atoms with van der Waals surface area (Å²) in [6.45, 7) is 0. The Bertz CT molecular complexity index is 887. The van der Waals surface area contributed by atoms with Crippen LogP contribution < -0.4 is 5.32 Å². The summed E-state index contributed by atoms with van der Waals surface area (Å²) in [4.78, 5) is 16.7. The second kappa shape index (κ2) is 7.91. The first-order valence-electron chi connectivity index (χ1n) is 9.11. The second-order valence-corrected chi connectivity index (χ2v) is 7.61. The lowest BCUT2D eigenvalue weighted by Crippen LogP contribution is -2.37. The third-order valence-corrected chi connectivity index (χ3v) is 5.73. The number of benzene rings is 1. The van der Waals surface area contributed by atoms with E-state index in [0.29, 0.717) is 11.8 Å². The van der Waals surface area contributed by atoms with Crippen molar-refractivity contribution in [3.63, 3.8) is 0 Å². The van der Waals surface area contributed by atoms with Crippen molar-refractivity contribution in [2.75, 3.05) is 5.75 Å². The number of hydrogen-bond donors (Lipinski definition) is 1. The summed E-state index contributed by atoms with van der Waals surface area (Å²) in [6, 6.07) is 12.5. The lowest BCUT2D eigenvalue weighted by atomic mass is 9.95. The summed E-state index contributed by atoms with van der Waals surface area (Å²) >= 11 is 1.47. The monoisotopic (exact) mass is 366 g/mol. The molecule has 0 saturated heterocycles. The predicted octanol–water partition coefficient (Wildman–Crippen LogP) is 3.94. The number of rotatable bonds is 5. The molecule has 1 N–H and O–H groups in total. The highest BCUT2D eigenvalue weighted by Crippen LogP contribution is 2.26. The number of hydrogen-bond acceptors (Lipinski definition) is 4. The topological polar surface area (TPSA) is 59.3 Å². The van der Waals surface area contributed by atoms with E-state index < -0.39 is 0 Å². The van der Waals surface area contributed by atoms with E-state index in [1.54, 1.807) is 6.20 Å². The van der Waals surface area contributed by atoms with Crippen molar-refractivity contribution in [3.05, 3.63) is 48.8 Å². The molecule has 3 aromatic rings. The fourth-order valence-electron chi connectivity index (χ4n) is 3.41. The zero-order chi connectivity index (χ0) is 17.8. The van der Waals surface area contributed by atoms with Gasteiger partial charge in [0.25, 0.3) is 0 Å². The lowest BCUT2D eigenvalue weighted by Gasteiger charge is -2.22. The van der Waals surface area contributed by atoms with Crippen LogP contribution in [0.15, 0.2) is 53.8 Å². The third-order valence-electron chi connectivity index (χ3n) is 4.73. The molecule has 134 valence electrons. The van der Waals surface area contributed by atoms with E-state index in [4.69, 9.17) is 0 Å². The van der Waals surface area contributed by atoms with Gasteiger partial charge in [-0.15, -0.1) is 0 Å². The van der Waals surface area contributed by atoms with Crippen molar-refractivity contribution in [1.82, 2.24) is 19.9 Å². The number of nitrogens with one attached hydrogen (secondary N) is 1. The molecule has 2 aromatic heterocycles. The minimum absolute atomic E-state index is 0.0912. The standard InChI is InChI=1S/C20H22N4OS/c25-19(22-16-9-5-2-6-10-16)14-26-20-18-13-17(15-7-3-1-4-8-15)23-24(18)12-11-21-20/h1,3-4,7-8,11-13,16H,2,5-6,9-10,14H2,(H,22,25). The highest BCUT2D eigenvalue weighted by Gasteiger charge is 2.16. The van der Waals surface area contributed by atoms with Gasteiger partial charge in [0.2, 0.25) is 5.91 Å². The molecule has 1 aromatic carbocycles. The molecule has 1 aliphatic carbocycles. The van der Waals surface area contributed by atoms with Crippen LogP contribution in [0.1, 0.15) is 32.1 Å². The molecule has 1 saturated carbocycles. The van der Waals surface area contributed by atoms with Crippen molar-refractivity contribution in [2.45, 2.75) is 43.2 Å². The van der Waals surface area contributed by atoms with Gasteiger partial charge in [0, 0.05) is 24.0 Å². The van der Waals surface area contributed by atoms with Crippen LogP contribution in [0.2, 0.25) is 0 Å². The summed E-state index contributed by atoms with van der Waals surface area (Å²) < 4.78 is 1.83. The van der Waals surface area contributed by atoms with Crippen LogP contribution in [0.3, 0.4) is 0 Å². The number of aromatic nitrogens is 3. The number of fused-ring (bicyclic) bond motifs is 1. The average molecular weight is 366 g/mol. The first-order valence-corrected chi connectivity index (χ1v) is 10.1. The maximum absolute atomic E-state index is 12.3. The smallest absolute Gasteiger partial charge is 0.230 e. The zero-order valence-electron chi connectivity index (χ0n) is 14.6. The highest BCUT2D eigenvalue weighted by atomic mass is 32.2.